The molecule has 0 aliphatic rings. The highest BCUT2D eigenvalue weighted by Crippen LogP contribution is 2.15. The molecule has 0 saturated heterocycles. The molecular weight excluding hydrogens is 387 g/mol. The third kappa shape index (κ3) is 4.17. The molecule has 20 heavy (non-hydrogen) atoms. The van der Waals surface area contributed by atoms with Crippen LogP contribution in [0.15, 0.2) is 48.5 Å². The van der Waals surface area contributed by atoms with E-state index in [1.54, 1.807) is 30.3 Å². The number of amides is 1. The number of anilines is 1. The molecule has 0 heterocycles. The summed E-state index contributed by atoms with van der Waals surface area (Å²) in [6, 6.07) is 13.7. The van der Waals surface area contributed by atoms with Crippen LogP contribution in [0.5, 0.6) is 5.75 Å². The first-order chi connectivity index (χ1) is 9.54. The average Bonchev–Trinajstić information content (AvgIpc) is 2.38. The summed E-state index contributed by atoms with van der Waals surface area (Å²) in [5.41, 5.74) is 1.15. The minimum atomic E-state index is -0.277. The molecule has 0 fully saturated rings. The van der Waals surface area contributed by atoms with Gasteiger partial charge in [0.15, 0.2) is 5.11 Å². The molecule has 0 aromatic heterocycles. The summed E-state index contributed by atoms with van der Waals surface area (Å²) in [4.78, 5) is 12.0. The summed E-state index contributed by atoms with van der Waals surface area (Å²) in [5.74, 6) is -0.150. The predicted molar refractivity (Wildman–Crippen MR) is 91.0 cm³/mol. The summed E-state index contributed by atoms with van der Waals surface area (Å²) in [6.07, 6.45) is 0. The van der Waals surface area contributed by atoms with Gasteiger partial charge in [-0.2, -0.15) is 0 Å². The Balaban J connectivity index is 1.99. The molecule has 4 nitrogen and oxygen atoms in total. The molecule has 2 aromatic carbocycles. The molecule has 0 atom stereocenters. The highest BCUT2D eigenvalue weighted by molar-refractivity contribution is 14.1. The molecule has 0 radical (unpaired) electrons. The maximum absolute atomic E-state index is 12.0. The number of benzene rings is 2. The molecule has 3 N–H and O–H groups in total. The van der Waals surface area contributed by atoms with E-state index in [2.05, 4.69) is 33.2 Å². The van der Waals surface area contributed by atoms with E-state index in [1.807, 2.05) is 12.1 Å². The van der Waals surface area contributed by atoms with Crippen molar-refractivity contribution in [1.29, 1.82) is 0 Å². The lowest BCUT2D eigenvalue weighted by molar-refractivity contribution is 0.0977. The Morgan fingerprint density at radius 3 is 2.60 bits per heavy atom. The van der Waals surface area contributed by atoms with Crippen molar-refractivity contribution < 1.29 is 9.90 Å². The summed E-state index contributed by atoms with van der Waals surface area (Å²) in [7, 11) is 0. The quantitative estimate of drug-likeness (QED) is 0.538. The van der Waals surface area contributed by atoms with E-state index in [4.69, 9.17) is 12.2 Å². The van der Waals surface area contributed by atoms with E-state index in [0.29, 0.717) is 11.3 Å². The van der Waals surface area contributed by atoms with Gasteiger partial charge in [-0.1, -0.05) is 12.1 Å². The van der Waals surface area contributed by atoms with Crippen LogP contribution in [0.25, 0.3) is 0 Å². The van der Waals surface area contributed by atoms with Crippen LogP contribution in [-0.2, 0) is 0 Å². The number of phenolic OH excluding ortho intramolecular Hbond substituents is 1. The number of thiocarbonyl (C=S) groups is 1. The van der Waals surface area contributed by atoms with Gasteiger partial charge in [-0.3, -0.25) is 10.1 Å². The number of nitrogens with one attached hydrogen (secondary N) is 2. The number of carbonyl (C=O) groups excluding carboxylic acids is 1. The predicted octanol–water partition coefficient (Wildman–Crippen LogP) is 3.12. The van der Waals surface area contributed by atoms with Crippen LogP contribution < -0.4 is 10.6 Å². The van der Waals surface area contributed by atoms with E-state index in [9.17, 15) is 9.90 Å². The molecule has 0 aliphatic carbocycles. The van der Waals surface area contributed by atoms with Crippen molar-refractivity contribution >= 4 is 51.5 Å². The Bertz CT molecular complexity index is 661. The highest BCUT2D eigenvalue weighted by atomic mass is 127. The molecule has 102 valence electrons. The van der Waals surface area contributed by atoms with Gasteiger partial charge in [-0.25, -0.2) is 0 Å². The van der Waals surface area contributed by atoms with Gasteiger partial charge < -0.3 is 10.4 Å². The summed E-state index contributed by atoms with van der Waals surface area (Å²) >= 11 is 7.20. The largest absolute Gasteiger partial charge is 0.508 e. The lowest BCUT2D eigenvalue weighted by Crippen LogP contribution is -2.34. The molecule has 0 unspecified atom stereocenters. The Kier molecular flexibility index (Phi) is 4.91. The summed E-state index contributed by atoms with van der Waals surface area (Å²) < 4.78 is 0.974. The van der Waals surface area contributed by atoms with Gasteiger partial charge in [-0.15, -0.1) is 0 Å². The van der Waals surface area contributed by atoms with E-state index >= 15 is 0 Å². The van der Waals surface area contributed by atoms with Crippen LogP contribution in [0, 0.1) is 3.57 Å². The van der Waals surface area contributed by atoms with Crippen LogP contribution in [0.2, 0.25) is 0 Å². The zero-order valence-electron chi connectivity index (χ0n) is 10.3. The fraction of sp³-hybridized carbons (Fsp3) is 0. The molecule has 0 saturated carbocycles. The van der Waals surface area contributed by atoms with Crippen LogP contribution >= 0.6 is 34.8 Å². The average molecular weight is 398 g/mol. The van der Waals surface area contributed by atoms with E-state index < -0.39 is 0 Å². The molecule has 0 spiro atoms. The number of hydrogen-bond acceptors (Lipinski definition) is 3. The second-order valence-electron chi connectivity index (χ2n) is 3.97. The molecule has 2 aromatic rings. The third-order valence-corrected chi connectivity index (χ3v) is 3.29. The van der Waals surface area contributed by atoms with Crippen molar-refractivity contribution in [2.24, 2.45) is 0 Å². The summed E-state index contributed by atoms with van der Waals surface area (Å²) in [6.45, 7) is 0. The van der Waals surface area contributed by atoms with Crippen LogP contribution in [0.1, 0.15) is 10.4 Å². The maximum atomic E-state index is 12.0. The fourth-order valence-electron chi connectivity index (χ4n) is 1.55. The van der Waals surface area contributed by atoms with Gasteiger partial charge in [-0.05, 0) is 65.1 Å². The number of phenols is 1. The zero-order valence-corrected chi connectivity index (χ0v) is 13.2. The number of halogens is 1. The van der Waals surface area contributed by atoms with Crippen molar-refractivity contribution in [3.63, 3.8) is 0 Å². The molecule has 0 aliphatic heterocycles. The monoisotopic (exact) mass is 398 g/mol. The second-order valence-corrected chi connectivity index (χ2v) is 5.62. The molecule has 1 amide bonds. The molecule has 0 bridgehead atoms. The van der Waals surface area contributed by atoms with Crippen molar-refractivity contribution in [3.05, 3.63) is 57.7 Å². The van der Waals surface area contributed by atoms with Crippen LogP contribution in [0.4, 0.5) is 5.69 Å². The first kappa shape index (κ1) is 14.7. The topological polar surface area (TPSA) is 61.4 Å². The first-order valence-electron chi connectivity index (χ1n) is 5.71. The lowest BCUT2D eigenvalue weighted by Gasteiger charge is -2.09. The third-order valence-electron chi connectivity index (χ3n) is 2.42. The van der Waals surface area contributed by atoms with Crippen molar-refractivity contribution in [3.8, 4) is 5.75 Å². The first-order valence-corrected chi connectivity index (χ1v) is 7.20. The number of hydrogen-bond donors (Lipinski definition) is 3. The van der Waals surface area contributed by atoms with Gasteiger partial charge in [0.05, 0.1) is 0 Å². The van der Waals surface area contributed by atoms with Crippen LogP contribution in [-0.4, -0.2) is 16.1 Å². The van der Waals surface area contributed by atoms with Crippen molar-refractivity contribution in [1.82, 2.24) is 5.32 Å². The molecule has 2 rings (SSSR count). The molecular formula is C14H11IN2O2S. The van der Waals surface area contributed by atoms with E-state index in [0.717, 1.165) is 3.57 Å². The Morgan fingerprint density at radius 1 is 1.15 bits per heavy atom. The zero-order chi connectivity index (χ0) is 14.5. The normalized spacial score (nSPS) is 9.85. The van der Waals surface area contributed by atoms with Crippen LogP contribution in [0.3, 0.4) is 0 Å². The highest BCUT2D eigenvalue weighted by Gasteiger charge is 2.08. The van der Waals surface area contributed by atoms with Gasteiger partial charge in [0.1, 0.15) is 5.75 Å². The minimum absolute atomic E-state index is 0.127. The number of rotatable bonds is 2. The fourth-order valence-corrected chi connectivity index (χ4v) is 2.30. The van der Waals surface area contributed by atoms with E-state index in [-0.39, 0.29) is 16.8 Å². The van der Waals surface area contributed by atoms with Gasteiger partial charge in [0.25, 0.3) is 5.91 Å². The smallest absolute Gasteiger partial charge is 0.257 e. The van der Waals surface area contributed by atoms with Gasteiger partial charge in [0.2, 0.25) is 0 Å². The van der Waals surface area contributed by atoms with Gasteiger partial charge >= 0.3 is 0 Å². The van der Waals surface area contributed by atoms with Gasteiger partial charge in [0, 0.05) is 20.9 Å². The minimum Gasteiger partial charge on any atom is -0.508 e. The lowest BCUT2D eigenvalue weighted by atomic mass is 10.2. The number of carbonyl (C=O) groups is 1. The van der Waals surface area contributed by atoms with Crippen molar-refractivity contribution in [2.45, 2.75) is 0 Å². The maximum Gasteiger partial charge on any atom is 0.257 e. The van der Waals surface area contributed by atoms with Crippen molar-refractivity contribution in [2.75, 3.05) is 5.32 Å². The Labute approximate surface area is 135 Å². The Hall–Kier alpha value is -1.67. The number of aromatic hydroxyl groups is 1. The second kappa shape index (κ2) is 6.67. The molecule has 6 heteroatoms. The SMILES string of the molecule is O=C(NC(=S)Nc1cccc(O)c1)c1cccc(I)c1. The standard InChI is InChI=1S/C14H11IN2O2S/c15-10-4-1-3-9(7-10)13(19)17-14(20)16-11-5-2-6-12(18)8-11/h1-8,18H,(H2,16,17,19,20). The van der Waals surface area contributed by atoms with E-state index in [1.165, 1.54) is 6.07 Å². The summed E-state index contributed by atoms with van der Waals surface area (Å²) in [5, 5.41) is 14.9. The Morgan fingerprint density at radius 2 is 1.90 bits per heavy atom.